The molecule has 0 aromatic carbocycles. The highest BCUT2D eigenvalue weighted by molar-refractivity contribution is 7.18. The van der Waals surface area contributed by atoms with Gasteiger partial charge in [0.1, 0.15) is 11.6 Å². The Morgan fingerprint density at radius 3 is 2.71 bits per heavy atom. The van der Waals surface area contributed by atoms with E-state index >= 15 is 0 Å². The van der Waals surface area contributed by atoms with Crippen molar-refractivity contribution in [2.75, 3.05) is 36.4 Å². The molecule has 1 saturated heterocycles. The minimum absolute atomic E-state index is 0.127. The summed E-state index contributed by atoms with van der Waals surface area (Å²) in [4.78, 5) is 30.0. The van der Waals surface area contributed by atoms with E-state index < -0.39 is 0 Å². The summed E-state index contributed by atoms with van der Waals surface area (Å²) in [5.74, 6) is 1.46. The first-order valence-electron chi connectivity index (χ1n) is 8.91. The number of halogens is 1. The highest BCUT2D eigenvalue weighted by atomic mass is 35.5. The van der Waals surface area contributed by atoms with Gasteiger partial charge in [0.25, 0.3) is 0 Å². The van der Waals surface area contributed by atoms with Gasteiger partial charge in [0, 0.05) is 50.5 Å². The highest BCUT2D eigenvalue weighted by Crippen LogP contribution is 2.31. The summed E-state index contributed by atoms with van der Waals surface area (Å²) in [5, 5.41) is 4.74. The average molecular weight is 415 g/mol. The van der Waals surface area contributed by atoms with Crippen molar-refractivity contribution in [1.29, 1.82) is 0 Å². The van der Waals surface area contributed by atoms with E-state index in [-0.39, 0.29) is 5.91 Å². The van der Waals surface area contributed by atoms with Crippen molar-refractivity contribution in [3.8, 4) is 10.6 Å². The number of nitrogens with one attached hydrogen (secondary N) is 1. The molecule has 28 heavy (non-hydrogen) atoms. The van der Waals surface area contributed by atoms with E-state index in [4.69, 9.17) is 11.6 Å². The Hall–Kier alpha value is -2.71. The van der Waals surface area contributed by atoms with Gasteiger partial charge < -0.3 is 15.1 Å². The molecule has 0 radical (unpaired) electrons. The van der Waals surface area contributed by atoms with Crippen LogP contribution in [0.25, 0.3) is 10.6 Å². The second-order valence-electron chi connectivity index (χ2n) is 6.39. The van der Waals surface area contributed by atoms with Crippen molar-refractivity contribution in [1.82, 2.24) is 19.9 Å². The lowest BCUT2D eigenvalue weighted by molar-refractivity contribution is -0.129. The Bertz CT molecular complexity index is 986. The number of carbonyl (C=O) groups excluding carboxylic acids is 1. The quantitative estimate of drug-likeness (QED) is 0.702. The van der Waals surface area contributed by atoms with Gasteiger partial charge in [0.2, 0.25) is 5.91 Å². The van der Waals surface area contributed by atoms with E-state index in [1.807, 2.05) is 29.3 Å². The van der Waals surface area contributed by atoms with Gasteiger partial charge in [-0.2, -0.15) is 0 Å². The van der Waals surface area contributed by atoms with Gasteiger partial charge in [0.15, 0.2) is 5.13 Å². The van der Waals surface area contributed by atoms with Gasteiger partial charge in [-0.3, -0.25) is 4.79 Å². The zero-order valence-corrected chi connectivity index (χ0v) is 16.9. The van der Waals surface area contributed by atoms with Gasteiger partial charge in [0.05, 0.1) is 10.6 Å². The predicted octanol–water partition coefficient (Wildman–Crippen LogP) is 3.67. The number of aromatic nitrogens is 3. The van der Waals surface area contributed by atoms with Crippen LogP contribution in [-0.4, -0.2) is 51.9 Å². The SMILES string of the molecule is CC(=O)N1CCN(c2ncc(-c3cccc(Nc4cc(Cl)ccn4)n3)s2)CC1. The third-order valence-corrected chi connectivity index (χ3v) is 5.78. The van der Waals surface area contributed by atoms with Crippen LogP contribution in [0.3, 0.4) is 0 Å². The maximum absolute atomic E-state index is 11.5. The number of carbonyl (C=O) groups is 1. The van der Waals surface area contributed by atoms with Crippen molar-refractivity contribution < 1.29 is 4.79 Å². The Labute approximate surface area is 172 Å². The Morgan fingerprint density at radius 2 is 1.96 bits per heavy atom. The standard InChI is InChI=1S/C19H19ClN6OS/c1-13(27)25-7-9-26(10-8-25)19-22-12-16(28-19)15-3-2-4-17(23-15)24-18-11-14(20)5-6-21-18/h2-6,11-12H,7-10H2,1H3,(H,21,23,24). The molecule has 1 aliphatic heterocycles. The third kappa shape index (κ3) is 4.23. The molecular weight excluding hydrogens is 396 g/mol. The smallest absolute Gasteiger partial charge is 0.219 e. The number of amides is 1. The summed E-state index contributed by atoms with van der Waals surface area (Å²) in [6.07, 6.45) is 3.50. The fraction of sp³-hybridized carbons (Fsp3) is 0.263. The molecule has 7 nitrogen and oxygen atoms in total. The van der Waals surface area contributed by atoms with Gasteiger partial charge in [-0.1, -0.05) is 29.0 Å². The molecule has 0 atom stereocenters. The lowest BCUT2D eigenvalue weighted by Gasteiger charge is -2.33. The molecule has 0 aliphatic carbocycles. The number of anilines is 3. The number of nitrogens with zero attached hydrogens (tertiary/aromatic N) is 5. The maximum Gasteiger partial charge on any atom is 0.219 e. The number of hydrogen-bond acceptors (Lipinski definition) is 7. The molecule has 0 unspecified atom stereocenters. The largest absolute Gasteiger partial charge is 0.345 e. The number of rotatable bonds is 4. The normalized spacial score (nSPS) is 14.2. The zero-order valence-electron chi connectivity index (χ0n) is 15.3. The monoisotopic (exact) mass is 414 g/mol. The van der Waals surface area contributed by atoms with Crippen LogP contribution in [0.1, 0.15) is 6.92 Å². The average Bonchev–Trinajstić information content (AvgIpc) is 3.19. The van der Waals surface area contributed by atoms with E-state index in [0.29, 0.717) is 16.7 Å². The van der Waals surface area contributed by atoms with Crippen molar-refractivity contribution in [2.45, 2.75) is 6.92 Å². The second kappa shape index (κ2) is 8.12. The first-order valence-corrected chi connectivity index (χ1v) is 10.1. The van der Waals surface area contributed by atoms with E-state index in [0.717, 1.165) is 41.9 Å². The van der Waals surface area contributed by atoms with Gasteiger partial charge >= 0.3 is 0 Å². The van der Waals surface area contributed by atoms with Crippen LogP contribution in [0.15, 0.2) is 42.7 Å². The van der Waals surface area contributed by atoms with Crippen LogP contribution in [0.4, 0.5) is 16.8 Å². The van der Waals surface area contributed by atoms with Crippen molar-refractivity contribution in [3.05, 3.63) is 47.7 Å². The van der Waals surface area contributed by atoms with E-state index in [9.17, 15) is 4.79 Å². The fourth-order valence-electron chi connectivity index (χ4n) is 2.99. The van der Waals surface area contributed by atoms with Crippen LogP contribution in [0.5, 0.6) is 0 Å². The zero-order chi connectivity index (χ0) is 19.5. The number of hydrogen-bond donors (Lipinski definition) is 1. The molecule has 1 aliphatic rings. The van der Waals surface area contributed by atoms with Gasteiger partial charge in [-0.05, 0) is 24.3 Å². The van der Waals surface area contributed by atoms with Crippen LogP contribution in [0.2, 0.25) is 5.02 Å². The van der Waals surface area contributed by atoms with E-state index in [1.165, 1.54) is 0 Å². The third-order valence-electron chi connectivity index (χ3n) is 4.47. The molecule has 4 heterocycles. The van der Waals surface area contributed by atoms with Crippen LogP contribution < -0.4 is 10.2 Å². The predicted molar refractivity (Wildman–Crippen MR) is 112 cm³/mol. The summed E-state index contributed by atoms with van der Waals surface area (Å²) in [7, 11) is 0. The van der Waals surface area contributed by atoms with Crippen molar-refractivity contribution in [3.63, 3.8) is 0 Å². The molecule has 9 heteroatoms. The van der Waals surface area contributed by atoms with Crippen LogP contribution in [-0.2, 0) is 4.79 Å². The summed E-state index contributed by atoms with van der Waals surface area (Å²) >= 11 is 7.61. The first-order chi connectivity index (χ1) is 13.6. The summed E-state index contributed by atoms with van der Waals surface area (Å²) in [6, 6.07) is 9.27. The van der Waals surface area contributed by atoms with Gasteiger partial charge in [-0.25, -0.2) is 15.0 Å². The minimum Gasteiger partial charge on any atom is -0.345 e. The second-order valence-corrected chi connectivity index (χ2v) is 7.84. The molecule has 4 rings (SSSR count). The minimum atomic E-state index is 0.127. The molecule has 1 fully saturated rings. The van der Waals surface area contributed by atoms with Crippen LogP contribution >= 0.6 is 22.9 Å². The van der Waals surface area contributed by atoms with Crippen molar-refractivity contribution in [2.24, 2.45) is 0 Å². The van der Waals surface area contributed by atoms with Crippen LogP contribution in [0, 0.1) is 0 Å². The highest BCUT2D eigenvalue weighted by Gasteiger charge is 2.21. The molecular formula is C19H19ClN6OS. The van der Waals surface area contributed by atoms with Gasteiger partial charge in [-0.15, -0.1) is 0 Å². The topological polar surface area (TPSA) is 74.2 Å². The van der Waals surface area contributed by atoms with Crippen molar-refractivity contribution >= 4 is 45.6 Å². The Morgan fingerprint density at radius 1 is 1.14 bits per heavy atom. The molecule has 0 spiro atoms. The summed E-state index contributed by atoms with van der Waals surface area (Å²) in [6.45, 7) is 4.66. The summed E-state index contributed by atoms with van der Waals surface area (Å²) < 4.78 is 0. The molecule has 144 valence electrons. The molecule has 1 amide bonds. The lowest BCUT2D eigenvalue weighted by Crippen LogP contribution is -2.48. The van der Waals surface area contributed by atoms with E-state index in [2.05, 4.69) is 25.2 Å². The number of piperazine rings is 1. The summed E-state index contributed by atoms with van der Waals surface area (Å²) in [5.41, 5.74) is 0.846. The molecule has 0 bridgehead atoms. The number of thiazole rings is 1. The number of pyridine rings is 2. The molecule has 3 aromatic rings. The lowest BCUT2D eigenvalue weighted by atomic mass is 10.3. The molecule has 0 saturated carbocycles. The Kier molecular flexibility index (Phi) is 5.40. The molecule has 1 N–H and O–H groups in total. The van der Waals surface area contributed by atoms with E-state index in [1.54, 1.807) is 36.6 Å². The first kappa shape index (κ1) is 18.6. The fourth-order valence-corrected chi connectivity index (χ4v) is 4.09. The molecule has 3 aromatic heterocycles. The maximum atomic E-state index is 11.5. The Balaban J connectivity index is 1.47.